The normalized spacial score (nSPS) is 13.0. The molecule has 158 valence electrons. The second-order valence-corrected chi connectivity index (χ2v) is 8.77. The number of nitrogens with one attached hydrogen (secondary N) is 1. The lowest BCUT2D eigenvalue weighted by Crippen LogP contribution is -2.31. The minimum atomic E-state index is -0.250. The van der Waals surface area contributed by atoms with Gasteiger partial charge in [-0.3, -0.25) is 19.3 Å². The molecule has 1 aromatic heterocycles. The summed E-state index contributed by atoms with van der Waals surface area (Å²) in [6.45, 7) is 2.15. The molecule has 3 aromatic rings. The molecule has 8 heteroatoms. The summed E-state index contributed by atoms with van der Waals surface area (Å²) in [6, 6.07) is 14.2. The number of carbonyl (C=O) groups is 2. The lowest BCUT2D eigenvalue weighted by Gasteiger charge is -2.13. The van der Waals surface area contributed by atoms with Crippen LogP contribution < -0.4 is 5.56 Å². The van der Waals surface area contributed by atoms with E-state index < -0.39 is 0 Å². The van der Waals surface area contributed by atoms with Crippen molar-refractivity contribution in [3.8, 4) is 0 Å². The smallest absolute Gasteiger partial charge is 0.261 e. The van der Waals surface area contributed by atoms with Crippen LogP contribution >= 0.6 is 23.4 Å². The van der Waals surface area contributed by atoms with Gasteiger partial charge < -0.3 is 4.98 Å². The molecule has 0 saturated carbocycles. The third-order valence-electron chi connectivity index (χ3n) is 5.14. The van der Waals surface area contributed by atoms with Crippen molar-refractivity contribution in [3.05, 3.63) is 91.9 Å². The van der Waals surface area contributed by atoms with Crippen molar-refractivity contribution in [3.63, 3.8) is 0 Å². The topological polar surface area (TPSA) is 83.1 Å². The van der Waals surface area contributed by atoms with E-state index in [1.54, 1.807) is 36.4 Å². The number of imide groups is 1. The Labute approximate surface area is 188 Å². The van der Waals surface area contributed by atoms with Gasteiger partial charge in [-0.05, 0) is 43.2 Å². The lowest BCUT2D eigenvalue weighted by atomic mass is 10.1. The van der Waals surface area contributed by atoms with Gasteiger partial charge >= 0.3 is 0 Å². The van der Waals surface area contributed by atoms with Gasteiger partial charge in [0.15, 0.2) is 5.16 Å². The molecule has 0 radical (unpaired) electrons. The van der Waals surface area contributed by atoms with Crippen molar-refractivity contribution in [1.29, 1.82) is 0 Å². The number of hydrogen-bond acceptors (Lipinski definition) is 5. The molecule has 2 amide bonds. The van der Waals surface area contributed by atoms with E-state index in [1.165, 1.54) is 16.7 Å². The maximum Gasteiger partial charge on any atom is 0.261 e. The first kappa shape index (κ1) is 21.3. The number of rotatable bonds is 7. The zero-order valence-corrected chi connectivity index (χ0v) is 18.4. The number of aromatic amines is 1. The molecule has 0 bridgehead atoms. The number of aromatic nitrogens is 2. The van der Waals surface area contributed by atoms with Gasteiger partial charge in [0, 0.05) is 35.0 Å². The van der Waals surface area contributed by atoms with Gasteiger partial charge in [-0.25, -0.2) is 4.98 Å². The van der Waals surface area contributed by atoms with E-state index in [0.717, 1.165) is 5.56 Å². The molecule has 4 rings (SSSR count). The highest BCUT2D eigenvalue weighted by Gasteiger charge is 2.34. The molecular formula is C23H20ClN3O3S. The summed E-state index contributed by atoms with van der Waals surface area (Å²) in [7, 11) is 0. The molecule has 2 aromatic carbocycles. The molecular weight excluding hydrogens is 434 g/mol. The lowest BCUT2D eigenvalue weighted by molar-refractivity contribution is 0.0655. The van der Waals surface area contributed by atoms with E-state index in [0.29, 0.717) is 57.7 Å². The quantitative estimate of drug-likeness (QED) is 0.252. The minimum absolute atomic E-state index is 0.162. The molecule has 1 N–H and O–H groups in total. The van der Waals surface area contributed by atoms with E-state index in [1.807, 2.05) is 19.1 Å². The Balaban J connectivity index is 1.34. The van der Waals surface area contributed by atoms with Gasteiger partial charge in [0.25, 0.3) is 17.4 Å². The second-order valence-electron chi connectivity index (χ2n) is 7.25. The Morgan fingerprint density at radius 3 is 2.26 bits per heavy atom. The summed E-state index contributed by atoms with van der Waals surface area (Å²) in [6.07, 6.45) is 1.08. The molecule has 2 heterocycles. The van der Waals surface area contributed by atoms with Crippen molar-refractivity contribution < 1.29 is 9.59 Å². The van der Waals surface area contributed by atoms with Crippen LogP contribution in [-0.2, 0) is 6.42 Å². The molecule has 1 aliphatic rings. The number of H-pyrrole nitrogens is 1. The number of aryl methyl sites for hydroxylation is 1. The third kappa shape index (κ3) is 4.57. The molecule has 6 nitrogen and oxygen atoms in total. The van der Waals surface area contributed by atoms with E-state index in [4.69, 9.17) is 11.6 Å². The van der Waals surface area contributed by atoms with Crippen molar-refractivity contribution in [2.24, 2.45) is 0 Å². The number of thioether (sulfide) groups is 1. The van der Waals surface area contributed by atoms with Crippen LogP contribution in [0.4, 0.5) is 0 Å². The van der Waals surface area contributed by atoms with Crippen LogP contribution in [0.15, 0.2) is 58.5 Å². The van der Waals surface area contributed by atoms with E-state index >= 15 is 0 Å². The summed E-state index contributed by atoms with van der Waals surface area (Å²) in [5.41, 5.74) is 3.04. The Hall–Kier alpha value is -2.90. The molecule has 0 fully saturated rings. The van der Waals surface area contributed by atoms with Crippen LogP contribution in [0, 0.1) is 6.92 Å². The fraction of sp³-hybridized carbons (Fsp3) is 0.217. The van der Waals surface area contributed by atoms with Crippen molar-refractivity contribution in [2.75, 3.05) is 12.3 Å². The van der Waals surface area contributed by atoms with E-state index in [-0.39, 0.29) is 17.4 Å². The number of carbonyl (C=O) groups excluding carboxylic acids is 2. The molecule has 0 aliphatic carbocycles. The van der Waals surface area contributed by atoms with Crippen LogP contribution in [0.3, 0.4) is 0 Å². The zero-order valence-electron chi connectivity index (χ0n) is 16.9. The average Bonchev–Trinajstić information content (AvgIpc) is 3.00. The first-order chi connectivity index (χ1) is 14.9. The summed E-state index contributed by atoms with van der Waals surface area (Å²) in [5, 5.41) is 1.19. The Morgan fingerprint density at radius 2 is 1.65 bits per heavy atom. The number of amides is 2. The van der Waals surface area contributed by atoms with Crippen LogP contribution in [0.2, 0.25) is 5.02 Å². The van der Waals surface area contributed by atoms with Gasteiger partial charge in [0.1, 0.15) is 0 Å². The second kappa shape index (κ2) is 9.08. The third-order valence-corrected chi connectivity index (χ3v) is 6.35. The summed E-state index contributed by atoms with van der Waals surface area (Å²) in [4.78, 5) is 46.0. The van der Waals surface area contributed by atoms with Gasteiger partial charge in [0.2, 0.25) is 0 Å². The van der Waals surface area contributed by atoms with Gasteiger partial charge in [-0.1, -0.05) is 47.6 Å². The first-order valence-corrected chi connectivity index (χ1v) is 11.2. The van der Waals surface area contributed by atoms with Crippen molar-refractivity contribution in [1.82, 2.24) is 14.9 Å². The molecule has 0 unspecified atom stereocenters. The average molecular weight is 454 g/mol. The minimum Gasteiger partial charge on any atom is -0.301 e. The summed E-state index contributed by atoms with van der Waals surface area (Å²) >= 11 is 7.32. The van der Waals surface area contributed by atoms with Crippen molar-refractivity contribution in [2.45, 2.75) is 24.9 Å². The Kier molecular flexibility index (Phi) is 6.25. The Bertz CT molecular complexity index is 1170. The molecule has 1 aliphatic heterocycles. The molecule has 0 spiro atoms. The van der Waals surface area contributed by atoms with Gasteiger partial charge in [-0.15, -0.1) is 0 Å². The SMILES string of the molecule is Cc1nc(SCCCN2C(=O)c3ccccc3C2=O)[nH]c(=O)c1Cc1ccc(Cl)cc1. The number of hydrogen-bond donors (Lipinski definition) is 1. The van der Waals surface area contributed by atoms with Gasteiger partial charge in [-0.2, -0.15) is 0 Å². The monoisotopic (exact) mass is 453 g/mol. The van der Waals surface area contributed by atoms with E-state index in [2.05, 4.69) is 9.97 Å². The maximum atomic E-state index is 12.6. The predicted octanol–water partition coefficient (Wildman–Crippen LogP) is 4.10. The predicted molar refractivity (Wildman–Crippen MR) is 121 cm³/mol. The standard InChI is InChI=1S/C23H20ClN3O3S/c1-14-19(13-15-7-9-16(24)10-8-15)20(28)26-23(25-14)31-12-4-11-27-21(29)17-5-2-3-6-18(17)22(27)30/h2-3,5-10H,4,11-13H2,1H3,(H,25,26,28). The van der Waals surface area contributed by atoms with E-state index in [9.17, 15) is 14.4 Å². The highest BCUT2D eigenvalue weighted by atomic mass is 35.5. The van der Waals surface area contributed by atoms with Crippen LogP contribution in [-0.4, -0.2) is 39.0 Å². The summed E-state index contributed by atoms with van der Waals surface area (Å²) in [5.74, 6) is 0.117. The molecule has 0 saturated heterocycles. The number of fused-ring (bicyclic) bond motifs is 1. The van der Waals surface area contributed by atoms with Crippen LogP contribution in [0.5, 0.6) is 0 Å². The molecule has 0 atom stereocenters. The van der Waals surface area contributed by atoms with Crippen LogP contribution in [0.1, 0.15) is 44.0 Å². The largest absolute Gasteiger partial charge is 0.301 e. The molecule has 31 heavy (non-hydrogen) atoms. The highest BCUT2D eigenvalue weighted by Crippen LogP contribution is 2.23. The number of halogens is 1. The fourth-order valence-corrected chi connectivity index (χ4v) is 4.46. The summed E-state index contributed by atoms with van der Waals surface area (Å²) < 4.78 is 0. The van der Waals surface area contributed by atoms with Gasteiger partial charge in [0.05, 0.1) is 11.1 Å². The first-order valence-electron chi connectivity index (χ1n) is 9.86. The van der Waals surface area contributed by atoms with Crippen LogP contribution in [0.25, 0.3) is 0 Å². The number of nitrogens with zero attached hydrogens (tertiary/aromatic N) is 2. The van der Waals surface area contributed by atoms with Crippen molar-refractivity contribution >= 4 is 35.2 Å². The zero-order chi connectivity index (χ0) is 22.0. The maximum absolute atomic E-state index is 12.6. The Morgan fingerprint density at radius 1 is 1.00 bits per heavy atom. The highest BCUT2D eigenvalue weighted by molar-refractivity contribution is 7.99. The number of benzene rings is 2. The fourth-order valence-electron chi connectivity index (χ4n) is 3.50.